The summed E-state index contributed by atoms with van der Waals surface area (Å²) in [6.07, 6.45) is 12.4. The molecule has 1 aromatic heterocycles. The highest BCUT2D eigenvalue weighted by molar-refractivity contribution is 7.33. The molecule has 4 heteroatoms. The van der Waals surface area contributed by atoms with Gasteiger partial charge in [-0.2, -0.15) is 0 Å². The Balaban J connectivity index is 1.15. The summed E-state index contributed by atoms with van der Waals surface area (Å²) in [5, 5.41) is 1.46. The number of aryl methyl sites for hydroxylation is 1. The highest BCUT2D eigenvalue weighted by Crippen LogP contribution is 2.60. The molecule has 356 valence electrons. The van der Waals surface area contributed by atoms with Crippen LogP contribution in [-0.2, 0) is 43.3 Å². The SMILES string of the molecule is Cc1cc2c3c(c1)N(c1ccc4c(c1)C(C)(C)CCC4(C)C)c1c(sc4cc5c(cc14)C1(C)CCC5(C)CC1)B3c1cc3c(cc1N2c1ccc2c(c1)C(C)(C)CCC2(C)C)C(C)(C)CCC3(C)C. The van der Waals surface area contributed by atoms with Crippen molar-refractivity contribution in [1.82, 2.24) is 0 Å². The molecule has 3 heterocycles. The molecule has 0 atom stereocenters. The monoisotopic (exact) mass is 929 g/mol. The molecule has 6 aliphatic carbocycles. The van der Waals surface area contributed by atoms with Gasteiger partial charge in [0.15, 0.2) is 0 Å². The number of benzene rings is 5. The van der Waals surface area contributed by atoms with Crippen LogP contribution in [0.4, 0.5) is 34.1 Å². The molecular formula is C65H77BN2S. The van der Waals surface area contributed by atoms with Gasteiger partial charge in [0.05, 0.1) is 5.69 Å². The van der Waals surface area contributed by atoms with E-state index >= 15 is 0 Å². The summed E-state index contributed by atoms with van der Waals surface area (Å²) in [6.45, 7) is 37.6. The summed E-state index contributed by atoms with van der Waals surface area (Å²) in [5.41, 5.74) is 26.0. The molecule has 2 nitrogen and oxygen atoms in total. The van der Waals surface area contributed by atoms with Gasteiger partial charge in [-0.3, -0.25) is 0 Å². The molecule has 2 aliphatic heterocycles. The zero-order valence-electron chi connectivity index (χ0n) is 44.9. The van der Waals surface area contributed by atoms with Gasteiger partial charge in [-0.05, 0) is 230 Å². The van der Waals surface area contributed by atoms with E-state index in [1.807, 2.05) is 0 Å². The predicted molar refractivity (Wildman–Crippen MR) is 300 cm³/mol. The maximum atomic E-state index is 2.79. The number of rotatable bonds is 2. The summed E-state index contributed by atoms with van der Waals surface area (Å²) < 4.78 is 2.99. The molecule has 5 aromatic carbocycles. The van der Waals surface area contributed by atoms with E-state index in [0.717, 1.165) is 0 Å². The van der Waals surface area contributed by atoms with Gasteiger partial charge in [0.2, 0.25) is 0 Å². The van der Waals surface area contributed by atoms with Crippen molar-refractivity contribution in [3.05, 3.63) is 123 Å². The lowest BCUT2D eigenvalue weighted by Crippen LogP contribution is -2.61. The van der Waals surface area contributed by atoms with Crippen LogP contribution in [0.5, 0.6) is 0 Å². The Bertz CT molecular complexity index is 3250. The molecule has 0 amide bonds. The summed E-state index contributed by atoms with van der Waals surface area (Å²) >= 11 is 2.12. The topological polar surface area (TPSA) is 6.48 Å². The zero-order valence-corrected chi connectivity index (χ0v) is 45.7. The Hall–Kier alpha value is -4.28. The van der Waals surface area contributed by atoms with Gasteiger partial charge in [0.1, 0.15) is 0 Å². The van der Waals surface area contributed by atoms with Crippen molar-refractivity contribution in [2.45, 2.75) is 211 Å². The van der Waals surface area contributed by atoms with Crippen molar-refractivity contribution in [3.8, 4) is 0 Å². The van der Waals surface area contributed by atoms with E-state index in [1.165, 1.54) is 158 Å². The Labute approximate surface area is 419 Å². The van der Waals surface area contributed by atoms with Gasteiger partial charge in [0, 0.05) is 43.3 Å². The van der Waals surface area contributed by atoms with E-state index in [9.17, 15) is 0 Å². The minimum atomic E-state index is 0.0804. The molecule has 0 spiro atoms. The van der Waals surface area contributed by atoms with Crippen molar-refractivity contribution in [1.29, 1.82) is 0 Å². The van der Waals surface area contributed by atoms with Crippen LogP contribution in [0.1, 0.15) is 211 Å². The van der Waals surface area contributed by atoms with Crippen LogP contribution >= 0.6 is 11.3 Å². The number of hydrogen-bond acceptors (Lipinski definition) is 3. The number of fused-ring (bicyclic) bond motifs is 11. The number of anilines is 6. The highest BCUT2D eigenvalue weighted by atomic mass is 32.1. The first-order valence-electron chi connectivity index (χ1n) is 27.1. The van der Waals surface area contributed by atoms with Crippen LogP contribution in [-0.4, -0.2) is 6.71 Å². The van der Waals surface area contributed by atoms with Crippen LogP contribution in [0, 0.1) is 6.92 Å². The second-order valence-electron chi connectivity index (χ2n) is 28.4. The fourth-order valence-electron chi connectivity index (χ4n) is 15.6. The molecule has 1 saturated carbocycles. The van der Waals surface area contributed by atoms with Crippen molar-refractivity contribution in [2.75, 3.05) is 9.80 Å². The van der Waals surface area contributed by atoms with Crippen LogP contribution in [0.2, 0.25) is 0 Å². The van der Waals surface area contributed by atoms with Crippen LogP contribution < -0.4 is 25.5 Å². The quantitative estimate of drug-likeness (QED) is 0.159. The zero-order chi connectivity index (χ0) is 48.5. The summed E-state index contributed by atoms with van der Waals surface area (Å²) in [6, 6.07) is 31.4. The molecule has 0 unspecified atom stereocenters. The number of nitrogens with zero attached hydrogens (tertiary/aromatic N) is 2. The molecule has 2 bridgehead atoms. The van der Waals surface area contributed by atoms with E-state index in [2.05, 4.69) is 198 Å². The van der Waals surface area contributed by atoms with Gasteiger partial charge in [-0.1, -0.05) is 115 Å². The number of thiophene rings is 1. The van der Waals surface area contributed by atoms with Crippen molar-refractivity contribution in [2.24, 2.45) is 0 Å². The minimum absolute atomic E-state index is 0.0804. The lowest BCUT2D eigenvalue weighted by molar-refractivity contribution is 0.188. The third-order valence-electron chi connectivity index (χ3n) is 20.9. The molecule has 6 aromatic rings. The molecule has 0 N–H and O–H groups in total. The third-order valence-corrected chi connectivity index (χ3v) is 22.1. The lowest BCUT2D eigenvalue weighted by atomic mass is 9.35. The molecule has 14 rings (SSSR count). The minimum Gasteiger partial charge on any atom is -0.311 e. The largest absolute Gasteiger partial charge is 0.311 e. The summed E-state index contributed by atoms with van der Waals surface area (Å²) in [4.78, 5) is 5.54. The van der Waals surface area contributed by atoms with E-state index in [4.69, 9.17) is 0 Å². The van der Waals surface area contributed by atoms with Crippen LogP contribution in [0.3, 0.4) is 0 Å². The maximum absolute atomic E-state index is 2.79. The van der Waals surface area contributed by atoms with Gasteiger partial charge >= 0.3 is 0 Å². The molecule has 0 radical (unpaired) electrons. The first-order valence-corrected chi connectivity index (χ1v) is 27.9. The van der Waals surface area contributed by atoms with Crippen molar-refractivity contribution >= 4 is 78.0 Å². The molecule has 0 saturated heterocycles. The lowest BCUT2D eigenvalue weighted by Gasteiger charge is -2.52. The fraction of sp³-hybridized carbons (Fsp3) is 0.508. The van der Waals surface area contributed by atoms with E-state index in [-0.39, 0.29) is 50.0 Å². The average Bonchev–Trinajstić information content (AvgIpc) is 3.66. The number of hydrogen-bond donors (Lipinski definition) is 0. The van der Waals surface area contributed by atoms with Crippen molar-refractivity contribution in [3.63, 3.8) is 0 Å². The summed E-state index contributed by atoms with van der Waals surface area (Å²) in [7, 11) is 0. The predicted octanol–water partition coefficient (Wildman–Crippen LogP) is 16.4. The van der Waals surface area contributed by atoms with E-state index in [1.54, 1.807) is 16.7 Å². The van der Waals surface area contributed by atoms with Crippen LogP contribution in [0.15, 0.2) is 72.8 Å². The van der Waals surface area contributed by atoms with Gasteiger partial charge < -0.3 is 9.80 Å². The Morgan fingerprint density at radius 2 is 0.826 bits per heavy atom. The maximum Gasteiger partial charge on any atom is 0.264 e. The molecule has 1 fully saturated rings. The van der Waals surface area contributed by atoms with E-state index < -0.39 is 0 Å². The molecule has 69 heavy (non-hydrogen) atoms. The molecule has 8 aliphatic rings. The first-order chi connectivity index (χ1) is 32.2. The van der Waals surface area contributed by atoms with Gasteiger partial charge in [-0.25, -0.2) is 0 Å². The van der Waals surface area contributed by atoms with Crippen LogP contribution in [0.25, 0.3) is 10.1 Å². The normalized spacial score (nSPS) is 26.3. The second kappa shape index (κ2) is 13.6. The standard InChI is InChI=1S/C65H77BN2S/c1-38-30-52-55-53(31-38)68(40-17-19-43-45(33-40)61(8,9)23-21-59(43,4)5)56-41-34-48-49(65(15)28-26-64(48,14)27-29-65)37-54(41)69-57(56)66(55)50-35-46-47(63(12,13)25-24-62(46,10)11)36-51(50)67(52)39-16-18-42-44(32-39)60(6,7)22-20-58(42,2)3/h16-19,30-37H,20-29H2,1-15H3. The highest BCUT2D eigenvalue weighted by Gasteiger charge is 2.51. The second-order valence-corrected chi connectivity index (χ2v) is 29.5. The molecular weight excluding hydrogens is 852 g/mol. The van der Waals surface area contributed by atoms with Crippen molar-refractivity contribution < 1.29 is 0 Å². The smallest absolute Gasteiger partial charge is 0.264 e. The third kappa shape index (κ3) is 6.03. The Morgan fingerprint density at radius 1 is 0.406 bits per heavy atom. The Morgan fingerprint density at radius 3 is 1.33 bits per heavy atom. The van der Waals surface area contributed by atoms with Gasteiger partial charge in [0.25, 0.3) is 6.71 Å². The fourth-order valence-corrected chi connectivity index (χ4v) is 16.9. The summed E-state index contributed by atoms with van der Waals surface area (Å²) in [5.74, 6) is 0. The van der Waals surface area contributed by atoms with Gasteiger partial charge in [-0.15, -0.1) is 11.3 Å². The average molecular weight is 929 g/mol. The van der Waals surface area contributed by atoms with E-state index in [0.29, 0.717) is 0 Å². The first kappa shape index (κ1) is 44.6. The Kier molecular flexibility index (Phi) is 8.81.